The summed E-state index contributed by atoms with van der Waals surface area (Å²) in [6, 6.07) is 0.178. The maximum atomic E-state index is 11.5. The second-order valence-electron chi connectivity index (χ2n) is 4.11. The van der Waals surface area contributed by atoms with Gasteiger partial charge in [-0.2, -0.15) is 15.0 Å². The summed E-state index contributed by atoms with van der Waals surface area (Å²) in [5, 5.41) is 0.383. The molecular formula is C10H18N6O2S. The lowest BCUT2D eigenvalue weighted by atomic mass is 10.5. The Morgan fingerprint density at radius 3 is 2.63 bits per heavy atom. The van der Waals surface area contributed by atoms with Crippen molar-refractivity contribution in [1.82, 2.24) is 19.9 Å². The van der Waals surface area contributed by atoms with E-state index in [1.807, 2.05) is 13.8 Å². The Bertz CT molecular complexity index is 440. The molecule has 1 heterocycles. The van der Waals surface area contributed by atoms with Crippen LogP contribution in [0, 0.1) is 0 Å². The van der Waals surface area contributed by atoms with Gasteiger partial charge in [-0.3, -0.25) is 10.2 Å². The molecule has 19 heavy (non-hydrogen) atoms. The van der Waals surface area contributed by atoms with Crippen molar-refractivity contribution in [1.29, 1.82) is 0 Å². The molecule has 0 aliphatic carbocycles. The molecule has 1 amide bonds. The van der Waals surface area contributed by atoms with Crippen molar-refractivity contribution in [3.8, 4) is 6.01 Å². The lowest BCUT2D eigenvalue weighted by Gasteiger charge is -2.11. The molecule has 1 rings (SSSR count). The number of nitrogens with two attached hydrogens (primary N) is 1. The number of ether oxygens (including phenoxy) is 1. The number of hydrogen-bond donors (Lipinski definition) is 2. The Kier molecular flexibility index (Phi) is 5.77. The van der Waals surface area contributed by atoms with Crippen LogP contribution in [0.4, 0.5) is 5.95 Å². The Morgan fingerprint density at radius 2 is 2.11 bits per heavy atom. The number of nitrogens with one attached hydrogen (secondary N) is 1. The quantitative estimate of drug-likeness (QED) is 0.431. The van der Waals surface area contributed by atoms with Crippen LogP contribution in [0.15, 0.2) is 5.16 Å². The zero-order valence-corrected chi connectivity index (χ0v) is 12.2. The summed E-state index contributed by atoms with van der Waals surface area (Å²) < 4.78 is 5.39. The topological polar surface area (TPSA) is 106 Å². The zero-order chi connectivity index (χ0) is 14.4. The molecule has 3 N–H and O–H groups in total. The fourth-order valence-electron chi connectivity index (χ4n) is 0.986. The minimum Gasteiger partial charge on any atom is -0.461 e. The Hall–Kier alpha value is -1.61. The third-order valence-corrected chi connectivity index (χ3v) is 2.72. The number of anilines is 1. The van der Waals surface area contributed by atoms with E-state index in [0.717, 1.165) is 0 Å². The van der Waals surface area contributed by atoms with Crippen LogP contribution >= 0.6 is 11.8 Å². The molecule has 0 atom stereocenters. The molecule has 1 aromatic rings. The van der Waals surface area contributed by atoms with Crippen molar-refractivity contribution in [3.63, 3.8) is 0 Å². The summed E-state index contributed by atoms with van der Waals surface area (Å²) in [5.41, 5.74) is 2.34. The number of nitrogen functional groups attached to an aromatic ring is 1. The van der Waals surface area contributed by atoms with Gasteiger partial charge in [0.1, 0.15) is 0 Å². The molecule has 0 saturated heterocycles. The van der Waals surface area contributed by atoms with Gasteiger partial charge in [-0.05, 0) is 13.8 Å². The number of rotatable bonds is 6. The average Bonchev–Trinajstić information content (AvgIpc) is 2.34. The largest absolute Gasteiger partial charge is 0.461 e. The summed E-state index contributed by atoms with van der Waals surface area (Å²) in [7, 11) is 3.38. The molecular weight excluding hydrogens is 268 g/mol. The van der Waals surface area contributed by atoms with Crippen LogP contribution in [0.5, 0.6) is 6.01 Å². The molecule has 0 bridgehead atoms. The fraction of sp³-hybridized carbons (Fsp3) is 0.600. The van der Waals surface area contributed by atoms with E-state index in [0.29, 0.717) is 5.16 Å². The van der Waals surface area contributed by atoms with Crippen LogP contribution in [0.1, 0.15) is 13.8 Å². The van der Waals surface area contributed by atoms with E-state index in [-0.39, 0.29) is 29.7 Å². The summed E-state index contributed by atoms with van der Waals surface area (Å²) in [6.45, 7) is 3.73. The number of thioether (sulfide) groups is 1. The van der Waals surface area contributed by atoms with E-state index < -0.39 is 0 Å². The predicted molar refractivity (Wildman–Crippen MR) is 72.8 cm³/mol. The highest BCUT2D eigenvalue weighted by atomic mass is 32.2. The third-order valence-electron chi connectivity index (χ3n) is 1.89. The Morgan fingerprint density at radius 1 is 1.42 bits per heavy atom. The lowest BCUT2D eigenvalue weighted by Crippen LogP contribution is -2.23. The number of carbonyl (C=O) groups is 1. The first kappa shape index (κ1) is 15.4. The van der Waals surface area contributed by atoms with E-state index in [9.17, 15) is 4.79 Å². The maximum absolute atomic E-state index is 11.5. The second kappa shape index (κ2) is 7.10. The first-order valence-corrected chi connectivity index (χ1v) is 6.63. The van der Waals surface area contributed by atoms with E-state index in [2.05, 4.69) is 20.4 Å². The van der Waals surface area contributed by atoms with E-state index in [1.165, 1.54) is 16.7 Å². The van der Waals surface area contributed by atoms with E-state index in [4.69, 9.17) is 10.6 Å². The molecule has 1 aromatic heterocycles. The molecule has 0 unspecified atom stereocenters. The van der Waals surface area contributed by atoms with Gasteiger partial charge in [-0.15, -0.1) is 0 Å². The molecule has 8 nitrogen and oxygen atoms in total. The number of amides is 1. The highest BCUT2D eigenvalue weighted by Gasteiger charge is 2.11. The van der Waals surface area contributed by atoms with Crippen molar-refractivity contribution in [2.75, 3.05) is 25.3 Å². The average molecular weight is 286 g/mol. The SMILES string of the molecule is CC(C)Oc1nc(NN)nc(SCC(=O)N(C)C)n1. The molecule has 0 saturated carbocycles. The molecule has 9 heteroatoms. The maximum Gasteiger partial charge on any atom is 0.322 e. The number of aromatic nitrogens is 3. The summed E-state index contributed by atoms with van der Waals surface area (Å²) >= 11 is 1.20. The van der Waals surface area contributed by atoms with E-state index >= 15 is 0 Å². The van der Waals surface area contributed by atoms with Gasteiger partial charge in [-0.25, -0.2) is 5.84 Å². The smallest absolute Gasteiger partial charge is 0.322 e. The van der Waals surface area contributed by atoms with Crippen LogP contribution in [0.2, 0.25) is 0 Å². The minimum atomic E-state index is -0.0609. The first-order valence-electron chi connectivity index (χ1n) is 5.64. The minimum absolute atomic E-state index is 0.0287. The predicted octanol–water partition coefficient (Wildman–Crippen LogP) is 0.125. The van der Waals surface area contributed by atoms with Gasteiger partial charge in [0.05, 0.1) is 11.9 Å². The van der Waals surface area contributed by atoms with Gasteiger partial charge in [-0.1, -0.05) is 11.8 Å². The lowest BCUT2D eigenvalue weighted by molar-refractivity contribution is -0.125. The highest BCUT2D eigenvalue weighted by Crippen LogP contribution is 2.18. The molecule has 0 fully saturated rings. The normalized spacial score (nSPS) is 10.4. The summed E-state index contributed by atoms with van der Waals surface area (Å²) in [5.74, 6) is 5.69. The molecule has 0 aliphatic rings. The van der Waals surface area contributed by atoms with Gasteiger partial charge in [0.25, 0.3) is 0 Å². The molecule has 0 radical (unpaired) electrons. The van der Waals surface area contributed by atoms with Crippen molar-refractivity contribution >= 4 is 23.6 Å². The number of nitrogens with zero attached hydrogens (tertiary/aromatic N) is 4. The van der Waals surface area contributed by atoms with Crippen molar-refractivity contribution in [2.24, 2.45) is 5.84 Å². The van der Waals surface area contributed by atoms with Crippen molar-refractivity contribution in [2.45, 2.75) is 25.1 Å². The first-order chi connectivity index (χ1) is 8.92. The standard InChI is InChI=1S/C10H18N6O2S/c1-6(2)18-9-12-8(15-11)13-10(14-9)19-5-7(17)16(3)4/h6H,5,11H2,1-4H3,(H,12,13,14,15). The molecule has 106 valence electrons. The van der Waals surface area contributed by atoms with Gasteiger partial charge < -0.3 is 9.64 Å². The van der Waals surface area contributed by atoms with Crippen LogP contribution in [0.3, 0.4) is 0 Å². The molecule has 0 aromatic carbocycles. The third kappa shape index (κ3) is 5.26. The van der Waals surface area contributed by atoms with Gasteiger partial charge >= 0.3 is 6.01 Å². The number of hydrazine groups is 1. The second-order valence-corrected chi connectivity index (χ2v) is 5.05. The summed E-state index contributed by atoms with van der Waals surface area (Å²) in [4.78, 5) is 25.1. The number of carbonyl (C=O) groups excluding carboxylic acids is 1. The number of hydrogen-bond acceptors (Lipinski definition) is 8. The van der Waals surface area contributed by atoms with Crippen LogP contribution < -0.4 is 16.0 Å². The van der Waals surface area contributed by atoms with Gasteiger partial charge in [0.15, 0.2) is 5.16 Å². The van der Waals surface area contributed by atoms with E-state index in [1.54, 1.807) is 14.1 Å². The molecule has 0 aliphatic heterocycles. The van der Waals surface area contributed by atoms with Crippen molar-refractivity contribution < 1.29 is 9.53 Å². The Balaban J connectivity index is 2.79. The van der Waals surface area contributed by atoms with Crippen LogP contribution in [-0.4, -0.2) is 51.7 Å². The van der Waals surface area contributed by atoms with Crippen LogP contribution in [0.25, 0.3) is 0 Å². The van der Waals surface area contributed by atoms with Gasteiger partial charge in [0.2, 0.25) is 11.9 Å². The fourth-order valence-corrected chi connectivity index (χ4v) is 1.79. The molecule has 0 spiro atoms. The van der Waals surface area contributed by atoms with Gasteiger partial charge in [0, 0.05) is 14.1 Å². The highest BCUT2D eigenvalue weighted by molar-refractivity contribution is 7.99. The van der Waals surface area contributed by atoms with Crippen LogP contribution in [-0.2, 0) is 4.79 Å². The zero-order valence-electron chi connectivity index (χ0n) is 11.4. The monoisotopic (exact) mass is 286 g/mol. The summed E-state index contributed by atoms with van der Waals surface area (Å²) in [6.07, 6.45) is -0.0609. The Labute approximate surface area is 116 Å². The van der Waals surface area contributed by atoms with Crippen molar-refractivity contribution in [3.05, 3.63) is 0 Å².